The van der Waals surface area contributed by atoms with Crippen LogP contribution in [-0.4, -0.2) is 11.6 Å². The first-order chi connectivity index (χ1) is 9.22. The Bertz CT molecular complexity index is 515. The topological polar surface area (TPSA) is 48.1 Å². The smallest absolute Gasteiger partial charge is 0.119 e. The summed E-state index contributed by atoms with van der Waals surface area (Å²) in [5, 5.41) is 1.12. The lowest BCUT2D eigenvalue weighted by atomic mass is 10.2. The molecule has 19 heavy (non-hydrogen) atoms. The number of rotatable bonds is 6. The Balaban J connectivity index is 1.90. The highest BCUT2D eigenvalue weighted by Gasteiger charge is 2.08. The summed E-state index contributed by atoms with van der Waals surface area (Å²) < 4.78 is 5.74. The second-order valence-corrected chi connectivity index (χ2v) is 5.62. The van der Waals surface area contributed by atoms with Crippen molar-refractivity contribution in [3.8, 4) is 5.75 Å². The molecule has 2 rings (SSSR count). The third-order valence-corrected chi connectivity index (χ3v) is 4.10. The van der Waals surface area contributed by atoms with E-state index < -0.39 is 0 Å². The van der Waals surface area contributed by atoms with E-state index in [9.17, 15) is 0 Å². The molecule has 0 spiro atoms. The molecule has 0 atom stereocenters. The van der Waals surface area contributed by atoms with E-state index >= 15 is 0 Å². The van der Waals surface area contributed by atoms with Gasteiger partial charge in [0.05, 0.1) is 17.3 Å². The van der Waals surface area contributed by atoms with Crippen LogP contribution in [0.1, 0.15) is 28.1 Å². The number of nitrogens with two attached hydrogens (primary N) is 1. The number of benzene rings is 1. The Morgan fingerprint density at radius 1 is 1.37 bits per heavy atom. The van der Waals surface area contributed by atoms with E-state index in [1.54, 1.807) is 11.3 Å². The monoisotopic (exact) mass is 276 g/mol. The fourth-order valence-electron chi connectivity index (χ4n) is 1.94. The van der Waals surface area contributed by atoms with Crippen molar-refractivity contribution in [1.29, 1.82) is 0 Å². The van der Waals surface area contributed by atoms with Gasteiger partial charge in [0.15, 0.2) is 0 Å². The van der Waals surface area contributed by atoms with E-state index in [-0.39, 0.29) is 0 Å². The largest absolute Gasteiger partial charge is 0.493 e. The number of ether oxygens (including phenoxy) is 1. The van der Waals surface area contributed by atoms with Gasteiger partial charge in [-0.2, -0.15) is 0 Å². The molecule has 0 saturated carbocycles. The molecule has 0 unspecified atom stereocenters. The maximum Gasteiger partial charge on any atom is 0.119 e. The summed E-state index contributed by atoms with van der Waals surface area (Å²) in [5.41, 5.74) is 8.07. The molecule has 1 aromatic heterocycles. The van der Waals surface area contributed by atoms with E-state index in [1.807, 2.05) is 18.2 Å². The van der Waals surface area contributed by atoms with E-state index in [4.69, 9.17) is 10.5 Å². The van der Waals surface area contributed by atoms with Crippen LogP contribution in [0.5, 0.6) is 5.75 Å². The van der Waals surface area contributed by atoms with Crippen molar-refractivity contribution in [3.05, 3.63) is 45.4 Å². The minimum absolute atomic E-state index is 0.583. The molecule has 4 heteroatoms. The van der Waals surface area contributed by atoms with Crippen LogP contribution in [0.15, 0.2) is 24.3 Å². The average Bonchev–Trinajstić information content (AvgIpc) is 2.81. The van der Waals surface area contributed by atoms with Crippen molar-refractivity contribution in [2.45, 2.75) is 33.2 Å². The predicted octanol–water partition coefficient (Wildman–Crippen LogP) is 3.09. The Morgan fingerprint density at radius 2 is 2.21 bits per heavy atom. The second kappa shape index (κ2) is 6.68. The minimum Gasteiger partial charge on any atom is -0.493 e. The molecule has 2 N–H and O–H groups in total. The van der Waals surface area contributed by atoms with Gasteiger partial charge < -0.3 is 10.5 Å². The van der Waals surface area contributed by atoms with Crippen LogP contribution in [0.25, 0.3) is 0 Å². The molecule has 3 nitrogen and oxygen atoms in total. The molecule has 0 aliphatic rings. The SMILES string of the molecule is CCc1nc(CCOc2cccc(C)c2)sc1CN. The van der Waals surface area contributed by atoms with Crippen molar-refractivity contribution >= 4 is 11.3 Å². The van der Waals surface area contributed by atoms with Crippen LogP contribution < -0.4 is 10.5 Å². The fraction of sp³-hybridized carbons (Fsp3) is 0.400. The van der Waals surface area contributed by atoms with Gasteiger partial charge in [-0.05, 0) is 31.0 Å². The van der Waals surface area contributed by atoms with Crippen molar-refractivity contribution in [3.63, 3.8) is 0 Å². The lowest BCUT2D eigenvalue weighted by Crippen LogP contribution is -2.01. The normalized spacial score (nSPS) is 10.7. The van der Waals surface area contributed by atoms with Crippen molar-refractivity contribution in [1.82, 2.24) is 4.98 Å². The summed E-state index contributed by atoms with van der Waals surface area (Å²) in [7, 11) is 0. The van der Waals surface area contributed by atoms with Crippen LogP contribution in [0.2, 0.25) is 0 Å². The molecule has 2 aromatic rings. The Labute approximate surface area is 118 Å². The fourth-order valence-corrected chi connectivity index (χ4v) is 2.96. The summed E-state index contributed by atoms with van der Waals surface area (Å²) in [6.45, 7) is 5.42. The second-order valence-electron chi connectivity index (χ2n) is 4.45. The summed E-state index contributed by atoms with van der Waals surface area (Å²) in [6, 6.07) is 8.10. The maximum absolute atomic E-state index is 5.74. The highest BCUT2D eigenvalue weighted by molar-refractivity contribution is 7.11. The standard InChI is InChI=1S/C15H20N2OS/c1-3-13-14(10-16)19-15(17-13)7-8-18-12-6-4-5-11(2)9-12/h4-6,9H,3,7-8,10,16H2,1-2H3. The van der Waals surface area contributed by atoms with Crippen LogP contribution in [0.3, 0.4) is 0 Å². The zero-order valence-electron chi connectivity index (χ0n) is 11.5. The van der Waals surface area contributed by atoms with Crippen LogP contribution in [0.4, 0.5) is 0 Å². The molecule has 102 valence electrons. The van der Waals surface area contributed by atoms with Gasteiger partial charge in [-0.15, -0.1) is 11.3 Å². The Morgan fingerprint density at radius 3 is 2.84 bits per heavy atom. The first kappa shape index (κ1) is 14.0. The van der Waals surface area contributed by atoms with Crippen molar-refractivity contribution < 1.29 is 4.74 Å². The van der Waals surface area contributed by atoms with Crippen LogP contribution in [0, 0.1) is 6.92 Å². The average molecular weight is 276 g/mol. The summed E-state index contributed by atoms with van der Waals surface area (Å²) in [5.74, 6) is 0.923. The number of aryl methyl sites for hydroxylation is 2. The maximum atomic E-state index is 5.74. The first-order valence-corrected chi connectivity index (χ1v) is 7.41. The summed E-state index contributed by atoms with van der Waals surface area (Å²) in [4.78, 5) is 5.81. The first-order valence-electron chi connectivity index (χ1n) is 6.60. The van der Waals surface area contributed by atoms with E-state index in [2.05, 4.69) is 24.9 Å². The van der Waals surface area contributed by atoms with Gasteiger partial charge in [-0.3, -0.25) is 0 Å². The van der Waals surface area contributed by atoms with Gasteiger partial charge in [-0.25, -0.2) is 4.98 Å². The zero-order valence-corrected chi connectivity index (χ0v) is 12.3. The van der Waals surface area contributed by atoms with Crippen molar-refractivity contribution in [2.24, 2.45) is 5.73 Å². The van der Waals surface area contributed by atoms with Gasteiger partial charge in [0.1, 0.15) is 5.75 Å². The molecular formula is C15H20N2OS. The molecule has 1 heterocycles. The predicted molar refractivity (Wildman–Crippen MR) is 79.8 cm³/mol. The lowest BCUT2D eigenvalue weighted by Gasteiger charge is -2.05. The van der Waals surface area contributed by atoms with Gasteiger partial charge in [0, 0.05) is 17.8 Å². The van der Waals surface area contributed by atoms with E-state index in [1.165, 1.54) is 10.4 Å². The third-order valence-electron chi connectivity index (χ3n) is 2.92. The Kier molecular flexibility index (Phi) is 4.93. The molecular weight excluding hydrogens is 256 g/mol. The number of nitrogens with zero attached hydrogens (tertiary/aromatic N) is 1. The minimum atomic E-state index is 0.583. The third kappa shape index (κ3) is 3.78. The highest BCUT2D eigenvalue weighted by Crippen LogP contribution is 2.20. The van der Waals surface area contributed by atoms with Crippen LogP contribution >= 0.6 is 11.3 Å². The molecule has 0 saturated heterocycles. The molecule has 0 fully saturated rings. The highest BCUT2D eigenvalue weighted by atomic mass is 32.1. The van der Waals surface area contributed by atoms with Gasteiger partial charge >= 0.3 is 0 Å². The molecule has 0 amide bonds. The summed E-state index contributed by atoms with van der Waals surface area (Å²) in [6.07, 6.45) is 1.79. The van der Waals surface area contributed by atoms with Gasteiger partial charge in [0.25, 0.3) is 0 Å². The molecule has 0 bridgehead atoms. The summed E-state index contributed by atoms with van der Waals surface area (Å²) >= 11 is 1.71. The number of hydrogen-bond acceptors (Lipinski definition) is 4. The number of aromatic nitrogens is 1. The molecule has 0 aliphatic carbocycles. The van der Waals surface area contributed by atoms with Crippen LogP contribution in [-0.2, 0) is 19.4 Å². The Hall–Kier alpha value is -1.39. The molecule has 1 aromatic carbocycles. The number of thiazole rings is 1. The van der Waals surface area contributed by atoms with E-state index in [0.29, 0.717) is 13.2 Å². The van der Waals surface area contributed by atoms with E-state index in [0.717, 1.165) is 29.3 Å². The van der Waals surface area contributed by atoms with Crippen molar-refractivity contribution in [2.75, 3.05) is 6.61 Å². The molecule has 0 aliphatic heterocycles. The number of hydrogen-bond donors (Lipinski definition) is 1. The quantitative estimate of drug-likeness (QED) is 0.882. The van der Waals surface area contributed by atoms with Gasteiger partial charge in [0.2, 0.25) is 0 Å². The molecule has 0 radical (unpaired) electrons. The lowest BCUT2D eigenvalue weighted by molar-refractivity contribution is 0.321. The zero-order chi connectivity index (χ0) is 13.7. The van der Waals surface area contributed by atoms with Gasteiger partial charge in [-0.1, -0.05) is 19.1 Å².